The van der Waals surface area contributed by atoms with E-state index in [1.165, 1.54) is 0 Å². The Labute approximate surface area is 107 Å². The number of nitrogen functional groups attached to an aromatic ring is 2. The molecular formula is C11H12BrN5. The summed E-state index contributed by atoms with van der Waals surface area (Å²) < 4.78 is 1.05. The van der Waals surface area contributed by atoms with E-state index in [1.807, 2.05) is 24.3 Å². The van der Waals surface area contributed by atoms with E-state index in [1.54, 1.807) is 6.20 Å². The zero-order valence-corrected chi connectivity index (χ0v) is 10.6. The van der Waals surface area contributed by atoms with Crippen molar-refractivity contribution in [2.24, 2.45) is 0 Å². The molecule has 17 heavy (non-hydrogen) atoms. The molecule has 1 aromatic heterocycles. The summed E-state index contributed by atoms with van der Waals surface area (Å²) in [5.74, 6) is 0.534. The Hall–Kier alpha value is -1.82. The van der Waals surface area contributed by atoms with Gasteiger partial charge in [0.2, 0.25) is 5.95 Å². The van der Waals surface area contributed by atoms with E-state index in [4.69, 9.17) is 11.5 Å². The van der Waals surface area contributed by atoms with Gasteiger partial charge in [0.25, 0.3) is 0 Å². The number of aromatic nitrogens is 2. The van der Waals surface area contributed by atoms with Crippen LogP contribution in [0.1, 0.15) is 5.56 Å². The van der Waals surface area contributed by atoms with Crippen molar-refractivity contribution in [2.75, 3.05) is 16.8 Å². The second-order valence-corrected chi connectivity index (χ2v) is 4.42. The molecule has 5 N–H and O–H groups in total. The van der Waals surface area contributed by atoms with Crippen molar-refractivity contribution in [3.63, 3.8) is 0 Å². The number of hydrogen-bond donors (Lipinski definition) is 3. The minimum Gasteiger partial charge on any atom is -0.382 e. The molecule has 88 valence electrons. The van der Waals surface area contributed by atoms with Gasteiger partial charge in [-0.05, 0) is 17.7 Å². The molecule has 1 heterocycles. The fourth-order valence-electron chi connectivity index (χ4n) is 1.35. The molecule has 5 nitrogen and oxygen atoms in total. The van der Waals surface area contributed by atoms with Crippen LogP contribution in [0.25, 0.3) is 0 Å². The van der Waals surface area contributed by atoms with Crippen LogP contribution in [-0.4, -0.2) is 9.97 Å². The van der Waals surface area contributed by atoms with Crippen LogP contribution in [0, 0.1) is 0 Å². The van der Waals surface area contributed by atoms with Crippen LogP contribution in [0.3, 0.4) is 0 Å². The highest BCUT2D eigenvalue weighted by atomic mass is 79.9. The number of hydrogen-bond acceptors (Lipinski definition) is 5. The first-order valence-corrected chi connectivity index (χ1v) is 5.81. The number of nitrogens with zero attached hydrogens (tertiary/aromatic N) is 2. The predicted molar refractivity (Wildman–Crippen MR) is 72.3 cm³/mol. The molecule has 0 aliphatic rings. The Balaban J connectivity index is 2.04. The Morgan fingerprint density at radius 1 is 1.18 bits per heavy atom. The Bertz CT molecular complexity index is 512. The summed E-state index contributed by atoms with van der Waals surface area (Å²) in [5.41, 5.74) is 13.0. The van der Waals surface area contributed by atoms with Gasteiger partial charge in [-0.15, -0.1) is 0 Å². The van der Waals surface area contributed by atoms with E-state index in [0.29, 0.717) is 18.1 Å². The summed E-state index contributed by atoms with van der Waals surface area (Å²) in [5, 5.41) is 3.16. The topological polar surface area (TPSA) is 89.8 Å². The third-order valence-corrected chi connectivity index (χ3v) is 2.76. The molecule has 0 saturated carbocycles. The lowest BCUT2D eigenvalue weighted by atomic mass is 10.2. The summed E-state index contributed by atoms with van der Waals surface area (Å²) in [6.07, 6.45) is 1.58. The summed E-state index contributed by atoms with van der Waals surface area (Å²) in [4.78, 5) is 7.76. The van der Waals surface area contributed by atoms with Gasteiger partial charge in [-0.3, -0.25) is 0 Å². The van der Waals surface area contributed by atoms with Crippen LogP contribution in [0.5, 0.6) is 0 Å². The number of benzene rings is 1. The number of anilines is 3. The Kier molecular flexibility index (Phi) is 3.43. The van der Waals surface area contributed by atoms with Crippen molar-refractivity contribution in [2.45, 2.75) is 6.54 Å². The monoisotopic (exact) mass is 293 g/mol. The van der Waals surface area contributed by atoms with Crippen molar-refractivity contribution in [1.29, 1.82) is 0 Å². The molecule has 0 unspecified atom stereocenters. The van der Waals surface area contributed by atoms with Crippen LogP contribution in [-0.2, 0) is 6.54 Å². The fraction of sp³-hybridized carbons (Fsp3) is 0.0909. The Morgan fingerprint density at radius 2 is 1.88 bits per heavy atom. The molecule has 6 heteroatoms. The van der Waals surface area contributed by atoms with Crippen molar-refractivity contribution >= 4 is 33.4 Å². The molecule has 0 bridgehead atoms. The maximum Gasteiger partial charge on any atom is 0.222 e. The van der Waals surface area contributed by atoms with Crippen molar-refractivity contribution in [3.05, 3.63) is 40.5 Å². The average molecular weight is 294 g/mol. The molecule has 0 spiro atoms. The van der Waals surface area contributed by atoms with Crippen molar-refractivity contribution in [1.82, 2.24) is 9.97 Å². The smallest absolute Gasteiger partial charge is 0.222 e. The number of rotatable bonds is 3. The van der Waals surface area contributed by atoms with Gasteiger partial charge < -0.3 is 16.8 Å². The quantitative estimate of drug-likeness (QED) is 0.805. The standard InChI is InChI=1S/C11H12BrN5/c12-8-3-1-7(2-4-8)5-15-9-6-16-11(14)17-10(9)13/h1-4,6,15H,5H2,(H4,13,14,16,17). The number of nitrogens with two attached hydrogens (primary N) is 2. The number of nitrogens with one attached hydrogen (secondary N) is 1. The molecule has 2 rings (SSSR count). The highest BCUT2D eigenvalue weighted by molar-refractivity contribution is 9.10. The molecule has 0 atom stereocenters. The van der Waals surface area contributed by atoms with Gasteiger partial charge in [0.05, 0.1) is 11.9 Å². The third kappa shape index (κ3) is 3.07. The highest BCUT2D eigenvalue weighted by Crippen LogP contribution is 2.16. The maximum absolute atomic E-state index is 5.71. The third-order valence-electron chi connectivity index (χ3n) is 2.23. The first kappa shape index (κ1) is 11.7. The number of halogens is 1. The molecule has 0 fully saturated rings. The Morgan fingerprint density at radius 3 is 2.53 bits per heavy atom. The largest absolute Gasteiger partial charge is 0.382 e. The summed E-state index contributed by atoms with van der Waals surface area (Å²) >= 11 is 3.39. The van der Waals surface area contributed by atoms with Gasteiger partial charge >= 0.3 is 0 Å². The van der Waals surface area contributed by atoms with Crippen LogP contribution in [0.2, 0.25) is 0 Å². The van der Waals surface area contributed by atoms with Crippen LogP contribution < -0.4 is 16.8 Å². The zero-order chi connectivity index (χ0) is 12.3. The van der Waals surface area contributed by atoms with E-state index in [0.717, 1.165) is 10.0 Å². The van der Waals surface area contributed by atoms with Gasteiger partial charge in [-0.25, -0.2) is 4.98 Å². The zero-order valence-electron chi connectivity index (χ0n) is 9.02. The van der Waals surface area contributed by atoms with Gasteiger partial charge in [-0.2, -0.15) is 4.98 Å². The first-order chi connectivity index (χ1) is 8.15. The minimum absolute atomic E-state index is 0.177. The van der Waals surface area contributed by atoms with Gasteiger partial charge in [0.1, 0.15) is 0 Å². The highest BCUT2D eigenvalue weighted by Gasteiger charge is 2.01. The molecule has 0 radical (unpaired) electrons. The molecule has 0 aliphatic carbocycles. The summed E-state index contributed by atoms with van der Waals surface area (Å²) in [6, 6.07) is 8.01. The lowest BCUT2D eigenvalue weighted by Gasteiger charge is -2.08. The molecule has 2 aromatic rings. The first-order valence-electron chi connectivity index (χ1n) is 5.01. The van der Waals surface area contributed by atoms with E-state index >= 15 is 0 Å². The maximum atomic E-state index is 5.71. The van der Waals surface area contributed by atoms with Crippen molar-refractivity contribution in [3.8, 4) is 0 Å². The second kappa shape index (κ2) is 5.01. The lowest BCUT2D eigenvalue weighted by molar-refractivity contribution is 1.11. The second-order valence-electron chi connectivity index (χ2n) is 3.51. The van der Waals surface area contributed by atoms with Crippen LogP contribution in [0.15, 0.2) is 34.9 Å². The fourth-order valence-corrected chi connectivity index (χ4v) is 1.61. The molecular weight excluding hydrogens is 282 g/mol. The van der Waals surface area contributed by atoms with Crippen LogP contribution >= 0.6 is 15.9 Å². The molecule has 1 aromatic carbocycles. The lowest BCUT2D eigenvalue weighted by Crippen LogP contribution is -2.06. The van der Waals surface area contributed by atoms with Gasteiger partial charge in [0, 0.05) is 11.0 Å². The predicted octanol–water partition coefficient (Wildman–Crippen LogP) is 2.02. The van der Waals surface area contributed by atoms with E-state index in [2.05, 4.69) is 31.2 Å². The average Bonchev–Trinajstić information content (AvgIpc) is 2.30. The summed E-state index contributed by atoms with van der Waals surface area (Å²) in [6.45, 7) is 0.657. The normalized spacial score (nSPS) is 10.2. The molecule has 0 amide bonds. The minimum atomic E-state index is 0.177. The van der Waals surface area contributed by atoms with Crippen LogP contribution in [0.4, 0.5) is 17.5 Å². The van der Waals surface area contributed by atoms with Gasteiger partial charge in [0.15, 0.2) is 5.82 Å². The molecule has 0 aliphatic heterocycles. The van der Waals surface area contributed by atoms with Crippen molar-refractivity contribution < 1.29 is 0 Å². The van der Waals surface area contributed by atoms with E-state index < -0.39 is 0 Å². The summed E-state index contributed by atoms with van der Waals surface area (Å²) in [7, 11) is 0. The SMILES string of the molecule is Nc1ncc(NCc2ccc(Br)cc2)c(N)n1. The van der Waals surface area contributed by atoms with Gasteiger partial charge in [-0.1, -0.05) is 28.1 Å². The van der Waals surface area contributed by atoms with E-state index in [9.17, 15) is 0 Å². The van der Waals surface area contributed by atoms with E-state index in [-0.39, 0.29) is 5.95 Å². The molecule has 0 saturated heterocycles.